The van der Waals surface area contributed by atoms with Gasteiger partial charge >= 0.3 is 0 Å². The van der Waals surface area contributed by atoms with Crippen LogP contribution in [0.25, 0.3) is 0 Å². The van der Waals surface area contributed by atoms with Crippen molar-refractivity contribution in [2.24, 2.45) is 35.5 Å². The maximum atomic E-state index is 14.5. The van der Waals surface area contributed by atoms with E-state index in [-0.39, 0.29) is 0 Å². The van der Waals surface area contributed by atoms with Crippen molar-refractivity contribution >= 4 is 0 Å². The summed E-state index contributed by atoms with van der Waals surface area (Å²) in [6.45, 7) is 5.90. The second-order valence-corrected chi connectivity index (χ2v) is 12.4. The first kappa shape index (κ1) is 26.9. The summed E-state index contributed by atoms with van der Waals surface area (Å²) >= 11 is 0. The van der Waals surface area contributed by atoms with Crippen molar-refractivity contribution in [1.82, 2.24) is 0 Å². The second kappa shape index (κ2) is 13.4. The van der Waals surface area contributed by atoms with E-state index < -0.39 is 11.6 Å². The Labute approximate surface area is 214 Å². The number of halogens is 2. The van der Waals surface area contributed by atoms with Crippen molar-refractivity contribution in [1.29, 1.82) is 0 Å². The molecule has 196 valence electrons. The van der Waals surface area contributed by atoms with E-state index in [9.17, 15) is 8.78 Å². The lowest BCUT2D eigenvalue weighted by molar-refractivity contribution is 0.103. The molecule has 3 saturated carbocycles. The third-order valence-electron chi connectivity index (χ3n) is 10.3. The average molecular weight is 485 g/mol. The summed E-state index contributed by atoms with van der Waals surface area (Å²) in [5, 5.41) is 0. The smallest absolute Gasteiger partial charge is 0.162 e. The Morgan fingerprint density at radius 1 is 0.657 bits per heavy atom. The van der Waals surface area contributed by atoms with Crippen molar-refractivity contribution in [3.8, 4) is 0 Å². The van der Waals surface area contributed by atoms with Crippen LogP contribution in [0.1, 0.15) is 121 Å². The molecular formula is C33H50F2. The fourth-order valence-electron chi connectivity index (χ4n) is 7.98. The normalized spacial score (nSPS) is 31.9. The predicted octanol–water partition coefficient (Wildman–Crippen LogP) is 10.2. The van der Waals surface area contributed by atoms with E-state index in [1.54, 1.807) is 6.07 Å². The molecule has 1 aromatic carbocycles. The average Bonchev–Trinajstić information content (AvgIpc) is 2.90. The van der Waals surface area contributed by atoms with E-state index in [4.69, 9.17) is 0 Å². The van der Waals surface area contributed by atoms with Crippen LogP contribution in [0.2, 0.25) is 0 Å². The molecule has 2 heteroatoms. The molecule has 0 unspecified atom stereocenters. The highest BCUT2D eigenvalue weighted by Crippen LogP contribution is 2.46. The lowest BCUT2D eigenvalue weighted by Crippen LogP contribution is -2.29. The Kier molecular flexibility index (Phi) is 10.3. The van der Waals surface area contributed by atoms with Gasteiger partial charge < -0.3 is 0 Å². The van der Waals surface area contributed by atoms with Crippen LogP contribution in [0.3, 0.4) is 0 Å². The molecule has 0 radical (unpaired) electrons. The largest absolute Gasteiger partial charge is 0.203 e. The lowest BCUT2D eigenvalue weighted by atomic mass is 9.64. The number of rotatable bonds is 10. The van der Waals surface area contributed by atoms with E-state index in [1.165, 1.54) is 89.9 Å². The van der Waals surface area contributed by atoms with E-state index in [2.05, 4.69) is 12.7 Å². The van der Waals surface area contributed by atoms with Gasteiger partial charge in [-0.3, -0.25) is 0 Å². The molecule has 0 aliphatic heterocycles. The van der Waals surface area contributed by atoms with Gasteiger partial charge in [-0.1, -0.05) is 57.2 Å². The van der Waals surface area contributed by atoms with Crippen molar-refractivity contribution in [2.45, 2.75) is 122 Å². The summed E-state index contributed by atoms with van der Waals surface area (Å²) in [5.41, 5.74) is 1.11. The molecule has 3 aliphatic carbocycles. The minimum Gasteiger partial charge on any atom is -0.203 e. The topological polar surface area (TPSA) is 0 Å². The maximum absolute atomic E-state index is 14.5. The molecule has 0 saturated heterocycles. The summed E-state index contributed by atoms with van der Waals surface area (Å²) in [7, 11) is 0. The van der Waals surface area contributed by atoms with Crippen LogP contribution in [-0.2, 0) is 12.8 Å². The summed E-state index contributed by atoms with van der Waals surface area (Å²) in [4.78, 5) is 0. The minimum atomic E-state index is -0.607. The highest BCUT2D eigenvalue weighted by molar-refractivity contribution is 5.26. The Balaban J connectivity index is 1.15. The first-order valence-electron chi connectivity index (χ1n) is 15.2. The molecular weight excluding hydrogens is 434 g/mol. The zero-order chi connectivity index (χ0) is 24.6. The number of allylic oxidation sites excluding steroid dienone is 1. The number of hydrogen-bond donors (Lipinski definition) is 0. The molecule has 0 aromatic heterocycles. The molecule has 1 aromatic rings. The molecule has 0 N–H and O–H groups in total. The SMILES string of the molecule is C=CCCC1CCC(C2CCC(C3CCC(CCc4ccc(CCC)c(F)c4F)CC3)CC2)CC1. The second-order valence-electron chi connectivity index (χ2n) is 12.4. The highest BCUT2D eigenvalue weighted by atomic mass is 19.2. The quantitative estimate of drug-likeness (QED) is 0.290. The van der Waals surface area contributed by atoms with E-state index in [1.807, 2.05) is 13.0 Å². The van der Waals surface area contributed by atoms with Crippen LogP contribution in [0.15, 0.2) is 24.8 Å². The van der Waals surface area contributed by atoms with E-state index in [0.29, 0.717) is 29.9 Å². The third-order valence-corrected chi connectivity index (χ3v) is 10.3. The molecule has 0 bridgehead atoms. The molecule has 3 fully saturated rings. The van der Waals surface area contributed by atoms with Crippen LogP contribution in [0, 0.1) is 47.1 Å². The monoisotopic (exact) mass is 484 g/mol. The van der Waals surface area contributed by atoms with Gasteiger partial charge in [-0.25, -0.2) is 8.78 Å². The number of hydrogen-bond acceptors (Lipinski definition) is 0. The van der Waals surface area contributed by atoms with Crippen molar-refractivity contribution in [3.05, 3.63) is 47.5 Å². The molecule has 0 spiro atoms. The van der Waals surface area contributed by atoms with Crippen LogP contribution < -0.4 is 0 Å². The fourth-order valence-corrected chi connectivity index (χ4v) is 7.98. The lowest BCUT2D eigenvalue weighted by Gasteiger charge is -2.41. The van der Waals surface area contributed by atoms with Gasteiger partial charge in [0.25, 0.3) is 0 Å². The summed E-state index contributed by atoms with van der Waals surface area (Å²) in [6, 6.07) is 3.64. The van der Waals surface area contributed by atoms with E-state index >= 15 is 0 Å². The van der Waals surface area contributed by atoms with Gasteiger partial charge in [-0.05, 0) is 130 Å². The Morgan fingerprint density at radius 3 is 1.49 bits per heavy atom. The molecule has 0 heterocycles. The van der Waals surface area contributed by atoms with E-state index in [0.717, 1.165) is 42.4 Å². The minimum absolute atomic E-state index is 0.528. The first-order valence-corrected chi connectivity index (χ1v) is 15.2. The van der Waals surface area contributed by atoms with Crippen LogP contribution in [0.4, 0.5) is 8.78 Å². The Hall–Kier alpha value is -1.18. The van der Waals surface area contributed by atoms with Gasteiger partial charge in [0, 0.05) is 0 Å². The first-order chi connectivity index (χ1) is 17.1. The molecule has 0 atom stereocenters. The number of aryl methyl sites for hydroxylation is 2. The zero-order valence-electron chi connectivity index (χ0n) is 22.4. The highest BCUT2D eigenvalue weighted by Gasteiger charge is 2.34. The summed E-state index contributed by atoms with van der Waals surface area (Å²) in [5.74, 6) is 4.34. The van der Waals surface area contributed by atoms with Crippen molar-refractivity contribution in [2.75, 3.05) is 0 Å². The van der Waals surface area contributed by atoms with Crippen molar-refractivity contribution in [3.63, 3.8) is 0 Å². The molecule has 0 amide bonds. The predicted molar refractivity (Wildman–Crippen MR) is 144 cm³/mol. The van der Waals surface area contributed by atoms with Crippen LogP contribution in [-0.4, -0.2) is 0 Å². The molecule has 3 aliphatic rings. The third kappa shape index (κ3) is 7.20. The van der Waals surface area contributed by atoms with Gasteiger partial charge in [0.1, 0.15) is 0 Å². The fraction of sp³-hybridized carbons (Fsp3) is 0.758. The molecule has 4 rings (SSSR count). The summed E-state index contributed by atoms with van der Waals surface area (Å²) < 4.78 is 28.8. The van der Waals surface area contributed by atoms with Crippen LogP contribution >= 0.6 is 0 Å². The van der Waals surface area contributed by atoms with Crippen molar-refractivity contribution < 1.29 is 8.78 Å². The standard InChI is InChI=1S/C33H50F2/c1-3-5-7-24-8-13-26(14-9-24)28-18-20-29(21-19-28)27-15-10-25(11-16-27)12-17-31-23-22-30(6-4-2)32(34)33(31)35/h3,22-29H,1,4-21H2,2H3. The molecule has 35 heavy (non-hydrogen) atoms. The van der Waals surface area contributed by atoms with Gasteiger partial charge in [-0.15, -0.1) is 6.58 Å². The van der Waals surface area contributed by atoms with Gasteiger partial charge in [0.15, 0.2) is 11.6 Å². The Morgan fingerprint density at radius 2 is 1.06 bits per heavy atom. The molecule has 0 nitrogen and oxygen atoms in total. The zero-order valence-corrected chi connectivity index (χ0v) is 22.4. The summed E-state index contributed by atoms with van der Waals surface area (Å²) in [6.07, 6.45) is 24.9. The van der Waals surface area contributed by atoms with Gasteiger partial charge in [0.2, 0.25) is 0 Å². The van der Waals surface area contributed by atoms with Gasteiger partial charge in [0.05, 0.1) is 0 Å². The van der Waals surface area contributed by atoms with Gasteiger partial charge in [-0.2, -0.15) is 0 Å². The van der Waals surface area contributed by atoms with Crippen LogP contribution in [0.5, 0.6) is 0 Å². The number of benzene rings is 1. The Bertz CT molecular complexity index is 775. The maximum Gasteiger partial charge on any atom is 0.162 e.